The number of carbonyl (C=O) groups is 2. The molecule has 0 aliphatic carbocycles. The Bertz CT molecular complexity index is 641. The SMILES string of the molecule is CCOc1cccnc1NC(=O)CCC(=O)c1ccccc1. The number of aromatic nitrogens is 1. The number of Topliss-reactive ketones (excluding diaryl/α,β-unsaturated/α-hetero) is 1. The smallest absolute Gasteiger partial charge is 0.226 e. The van der Waals surface area contributed by atoms with E-state index in [9.17, 15) is 9.59 Å². The number of ether oxygens (including phenoxy) is 1. The first kappa shape index (κ1) is 15.7. The number of amides is 1. The molecule has 114 valence electrons. The van der Waals surface area contributed by atoms with Gasteiger partial charge in [-0.1, -0.05) is 30.3 Å². The maximum atomic E-state index is 12.0. The molecule has 0 aliphatic rings. The number of nitrogens with one attached hydrogen (secondary N) is 1. The molecule has 1 aromatic carbocycles. The van der Waals surface area contributed by atoms with E-state index in [1.807, 2.05) is 13.0 Å². The van der Waals surface area contributed by atoms with Crippen LogP contribution in [0, 0.1) is 0 Å². The number of ketones is 1. The van der Waals surface area contributed by atoms with Gasteiger partial charge < -0.3 is 10.1 Å². The molecule has 1 heterocycles. The molecule has 1 N–H and O–H groups in total. The quantitative estimate of drug-likeness (QED) is 0.798. The molecule has 5 nitrogen and oxygen atoms in total. The Morgan fingerprint density at radius 1 is 1.09 bits per heavy atom. The van der Waals surface area contributed by atoms with E-state index >= 15 is 0 Å². The summed E-state index contributed by atoms with van der Waals surface area (Å²) in [4.78, 5) is 28.0. The summed E-state index contributed by atoms with van der Waals surface area (Å²) in [6.07, 6.45) is 1.84. The van der Waals surface area contributed by atoms with E-state index in [1.165, 1.54) is 0 Å². The summed E-state index contributed by atoms with van der Waals surface area (Å²) in [6, 6.07) is 12.4. The highest BCUT2D eigenvalue weighted by Crippen LogP contribution is 2.21. The van der Waals surface area contributed by atoms with Crippen molar-refractivity contribution < 1.29 is 14.3 Å². The largest absolute Gasteiger partial charge is 0.490 e. The summed E-state index contributed by atoms with van der Waals surface area (Å²) in [5.74, 6) is 0.583. The van der Waals surface area contributed by atoms with E-state index < -0.39 is 0 Å². The summed E-state index contributed by atoms with van der Waals surface area (Å²) >= 11 is 0. The highest BCUT2D eigenvalue weighted by Gasteiger charge is 2.11. The molecule has 2 aromatic rings. The van der Waals surface area contributed by atoms with Gasteiger partial charge in [-0.05, 0) is 19.1 Å². The highest BCUT2D eigenvalue weighted by molar-refractivity contribution is 6.00. The summed E-state index contributed by atoms with van der Waals surface area (Å²) in [7, 11) is 0. The van der Waals surface area contributed by atoms with Crippen LogP contribution in [0.1, 0.15) is 30.1 Å². The number of pyridine rings is 1. The maximum Gasteiger partial charge on any atom is 0.226 e. The third-order valence-electron chi connectivity index (χ3n) is 3.00. The van der Waals surface area contributed by atoms with Crippen molar-refractivity contribution in [2.75, 3.05) is 11.9 Å². The van der Waals surface area contributed by atoms with Gasteiger partial charge in [0.05, 0.1) is 6.61 Å². The van der Waals surface area contributed by atoms with Crippen molar-refractivity contribution in [3.8, 4) is 5.75 Å². The topological polar surface area (TPSA) is 68.3 Å². The van der Waals surface area contributed by atoms with Crippen LogP contribution in [0.25, 0.3) is 0 Å². The molecule has 0 radical (unpaired) electrons. The normalized spacial score (nSPS) is 10.0. The van der Waals surface area contributed by atoms with Crippen LogP contribution in [-0.2, 0) is 4.79 Å². The minimum Gasteiger partial charge on any atom is -0.490 e. The van der Waals surface area contributed by atoms with Gasteiger partial charge in [-0.3, -0.25) is 9.59 Å². The Balaban J connectivity index is 1.90. The first-order chi connectivity index (χ1) is 10.7. The Morgan fingerprint density at radius 3 is 2.59 bits per heavy atom. The molecule has 1 amide bonds. The van der Waals surface area contributed by atoms with E-state index in [2.05, 4.69) is 10.3 Å². The third-order valence-corrected chi connectivity index (χ3v) is 3.00. The molecular weight excluding hydrogens is 280 g/mol. The molecule has 22 heavy (non-hydrogen) atoms. The van der Waals surface area contributed by atoms with Crippen molar-refractivity contribution in [1.82, 2.24) is 4.98 Å². The summed E-state index contributed by atoms with van der Waals surface area (Å²) in [6.45, 7) is 2.35. The second-order valence-electron chi connectivity index (χ2n) is 4.62. The van der Waals surface area contributed by atoms with Crippen LogP contribution < -0.4 is 10.1 Å². The predicted octanol–water partition coefficient (Wildman–Crippen LogP) is 3.08. The van der Waals surface area contributed by atoms with Gasteiger partial charge in [-0.2, -0.15) is 0 Å². The number of rotatable bonds is 7. The van der Waals surface area contributed by atoms with Gasteiger partial charge in [-0.15, -0.1) is 0 Å². The van der Waals surface area contributed by atoms with Gasteiger partial charge >= 0.3 is 0 Å². The molecule has 0 fully saturated rings. The highest BCUT2D eigenvalue weighted by atomic mass is 16.5. The Labute approximate surface area is 129 Å². The second kappa shape index (κ2) is 7.93. The molecule has 0 spiro atoms. The zero-order valence-electron chi connectivity index (χ0n) is 12.4. The van der Waals surface area contributed by atoms with Crippen LogP contribution >= 0.6 is 0 Å². The molecule has 0 saturated heterocycles. The van der Waals surface area contributed by atoms with E-state index in [0.29, 0.717) is 23.7 Å². The zero-order valence-corrected chi connectivity index (χ0v) is 12.4. The average Bonchev–Trinajstić information content (AvgIpc) is 2.55. The zero-order chi connectivity index (χ0) is 15.8. The van der Waals surface area contributed by atoms with Gasteiger partial charge in [0, 0.05) is 24.6 Å². The lowest BCUT2D eigenvalue weighted by atomic mass is 10.1. The van der Waals surface area contributed by atoms with E-state index in [0.717, 1.165) is 0 Å². The lowest BCUT2D eigenvalue weighted by Crippen LogP contribution is -2.15. The van der Waals surface area contributed by atoms with Crippen molar-refractivity contribution in [3.63, 3.8) is 0 Å². The Kier molecular flexibility index (Phi) is 5.65. The average molecular weight is 298 g/mol. The molecule has 0 unspecified atom stereocenters. The van der Waals surface area contributed by atoms with Crippen molar-refractivity contribution in [1.29, 1.82) is 0 Å². The van der Waals surface area contributed by atoms with Crippen LogP contribution in [-0.4, -0.2) is 23.3 Å². The molecule has 0 saturated carbocycles. The van der Waals surface area contributed by atoms with Crippen molar-refractivity contribution in [2.24, 2.45) is 0 Å². The number of anilines is 1. The molecule has 1 aromatic heterocycles. The predicted molar refractivity (Wildman–Crippen MR) is 84.0 cm³/mol. The first-order valence-corrected chi connectivity index (χ1v) is 7.16. The third kappa shape index (κ3) is 4.41. The molecular formula is C17H18N2O3. The maximum absolute atomic E-state index is 12.0. The molecule has 0 aliphatic heterocycles. The monoisotopic (exact) mass is 298 g/mol. The van der Waals surface area contributed by atoms with Crippen molar-refractivity contribution in [3.05, 3.63) is 54.2 Å². The van der Waals surface area contributed by atoms with Crippen LogP contribution in [0.2, 0.25) is 0 Å². The summed E-state index contributed by atoms with van der Waals surface area (Å²) in [5, 5.41) is 2.67. The lowest BCUT2D eigenvalue weighted by Gasteiger charge is -2.09. The fraction of sp³-hybridized carbons (Fsp3) is 0.235. The summed E-state index contributed by atoms with van der Waals surface area (Å²) in [5.41, 5.74) is 0.614. The van der Waals surface area contributed by atoms with Gasteiger partial charge in [0.1, 0.15) is 0 Å². The van der Waals surface area contributed by atoms with Gasteiger partial charge in [0.15, 0.2) is 17.4 Å². The van der Waals surface area contributed by atoms with Gasteiger partial charge in [0.2, 0.25) is 5.91 Å². The Hall–Kier alpha value is -2.69. The van der Waals surface area contributed by atoms with Crippen molar-refractivity contribution >= 4 is 17.5 Å². The minimum atomic E-state index is -0.260. The van der Waals surface area contributed by atoms with E-state index in [4.69, 9.17) is 4.74 Å². The lowest BCUT2D eigenvalue weighted by molar-refractivity contribution is -0.116. The standard InChI is InChI=1S/C17H18N2O3/c1-2-22-15-9-6-12-18-17(15)19-16(21)11-10-14(20)13-7-4-3-5-8-13/h3-9,12H,2,10-11H2,1H3,(H,18,19,21). The Morgan fingerprint density at radius 2 is 1.86 bits per heavy atom. The number of nitrogens with zero attached hydrogens (tertiary/aromatic N) is 1. The van der Waals surface area contributed by atoms with Crippen molar-refractivity contribution in [2.45, 2.75) is 19.8 Å². The number of hydrogen-bond donors (Lipinski definition) is 1. The molecule has 0 bridgehead atoms. The van der Waals surface area contributed by atoms with Crippen LogP contribution in [0.4, 0.5) is 5.82 Å². The number of carbonyl (C=O) groups excluding carboxylic acids is 2. The second-order valence-corrected chi connectivity index (χ2v) is 4.62. The number of benzene rings is 1. The number of hydrogen-bond acceptors (Lipinski definition) is 4. The van der Waals surface area contributed by atoms with Crippen LogP contribution in [0.5, 0.6) is 5.75 Å². The molecule has 5 heteroatoms. The van der Waals surface area contributed by atoms with Gasteiger partial charge in [-0.25, -0.2) is 4.98 Å². The van der Waals surface area contributed by atoms with Crippen LogP contribution in [0.3, 0.4) is 0 Å². The fourth-order valence-electron chi connectivity index (χ4n) is 1.95. The van der Waals surface area contributed by atoms with Crippen LogP contribution in [0.15, 0.2) is 48.7 Å². The van der Waals surface area contributed by atoms with E-state index in [-0.39, 0.29) is 24.5 Å². The summed E-state index contributed by atoms with van der Waals surface area (Å²) < 4.78 is 5.39. The molecule has 2 rings (SSSR count). The minimum absolute atomic E-state index is 0.0539. The first-order valence-electron chi connectivity index (χ1n) is 7.16. The fourth-order valence-corrected chi connectivity index (χ4v) is 1.95. The van der Waals surface area contributed by atoms with Gasteiger partial charge in [0.25, 0.3) is 0 Å². The molecule has 0 atom stereocenters. The van der Waals surface area contributed by atoms with E-state index in [1.54, 1.807) is 42.6 Å².